The van der Waals surface area contributed by atoms with Gasteiger partial charge >= 0.3 is 6.61 Å². The maximum Gasteiger partial charge on any atom is 0.387 e. The predicted octanol–water partition coefficient (Wildman–Crippen LogP) is 4.33. The Hall–Kier alpha value is -3.58. The second kappa shape index (κ2) is 8.33. The van der Waals surface area contributed by atoms with Crippen LogP contribution in [0.3, 0.4) is 0 Å². The molecule has 2 aromatic heterocycles. The summed E-state index contributed by atoms with van der Waals surface area (Å²) in [5.74, 6) is -1.22. The smallest absolute Gasteiger partial charge is 0.387 e. The summed E-state index contributed by atoms with van der Waals surface area (Å²) in [7, 11) is 1.32. The molecule has 2 fully saturated rings. The topological polar surface area (TPSA) is 85.8 Å². The van der Waals surface area contributed by atoms with Gasteiger partial charge in [-0.25, -0.2) is 9.37 Å². The standard InChI is InChI=1S/C24H20F3N3O4/c1-32-19-6-14(7-20(34-23(26)27)22(19)18(31)5-13-4-16(13)25)17-9-29-21-8-15(2-3-30(17)21)24(10-28)11-33-12-24/h2-3,6-9,13,16,23H,4-5,11-12H2,1H3/t13-,16-/m0/s1. The molecule has 0 bridgehead atoms. The molecule has 0 N–H and O–H groups in total. The minimum atomic E-state index is -3.17. The van der Waals surface area contributed by atoms with Crippen molar-refractivity contribution in [2.24, 2.45) is 5.92 Å². The van der Waals surface area contributed by atoms with E-state index in [1.807, 2.05) is 0 Å². The van der Waals surface area contributed by atoms with E-state index in [-0.39, 0.29) is 29.9 Å². The zero-order valence-electron chi connectivity index (χ0n) is 18.1. The molecule has 2 aliphatic rings. The number of halogens is 3. The molecule has 0 amide bonds. The lowest BCUT2D eigenvalue weighted by molar-refractivity contribution is -0.0502. The minimum Gasteiger partial charge on any atom is -0.496 e. The van der Waals surface area contributed by atoms with Gasteiger partial charge in [-0.05, 0) is 36.2 Å². The minimum absolute atomic E-state index is 0.0517. The second-order valence-electron chi connectivity index (χ2n) is 8.54. The highest BCUT2D eigenvalue weighted by Gasteiger charge is 2.41. The van der Waals surface area contributed by atoms with Crippen molar-refractivity contribution < 1.29 is 32.2 Å². The lowest BCUT2D eigenvalue weighted by Gasteiger charge is -2.35. The van der Waals surface area contributed by atoms with E-state index < -0.39 is 29.9 Å². The summed E-state index contributed by atoms with van der Waals surface area (Å²) in [4.78, 5) is 17.2. The molecule has 7 nitrogen and oxygen atoms in total. The summed E-state index contributed by atoms with van der Waals surface area (Å²) in [6.45, 7) is -2.56. The number of pyridine rings is 1. The lowest BCUT2D eigenvalue weighted by atomic mass is 9.81. The number of carbonyl (C=O) groups excluding carboxylic acids is 1. The maximum atomic E-state index is 13.3. The molecule has 3 heterocycles. The summed E-state index contributed by atoms with van der Waals surface area (Å²) in [5.41, 5.74) is 1.45. The predicted molar refractivity (Wildman–Crippen MR) is 114 cm³/mol. The van der Waals surface area contributed by atoms with E-state index in [1.54, 1.807) is 35.0 Å². The third-order valence-corrected chi connectivity index (χ3v) is 6.34. The van der Waals surface area contributed by atoms with Gasteiger partial charge < -0.3 is 14.2 Å². The molecule has 1 aliphatic carbocycles. The first kappa shape index (κ1) is 22.2. The van der Waals surface area contributed by atoms with E-state index in [2.05, 4.69) is 15.8 Å². The SMILES string of the molecule is COc1cc(-c2cnc3cc(C4(C#N)COC4)ccn23)cc(OC(F)F)c1C(=O)C[C@@H]1C[C@@H]1F. The van der Waals surface area contributed by atoms with Crippen molar-refractivity contribution in [2.45, 2.75) is 31.0 Å². The summed E-state index contributed by atoms with van der Waals surface area (Å²) in [5, 5.41) is 9.55. The van der Waals surface area contributed by atoms with Crippen LogP contribution in [0.2, 0.25) is 0 Å². The molecule has 34 heavy (non-hydrogen) atoms. The fourth-order valence-electron chi connectivity index (χ4n) is 4.22. The Labute approximate surface area is 192 Å². The van der Waals surface area contributed by atoms with Crippen LogP contribution in [0, 0.1) is 17.2 Å². The fourth-order valence-corrected chi connectivity index (χ4v) is 4.22. The van der Waals surface area contributed by atoms with E-state index in [0.29, 0.717) is 30.1 Å². The number of hydrogen-bond acceptors (Lipinski definition) is 6. The van der Waals surface area contributed by atoms with Crippen LogP contribution < -0.4 is 9.47 Å². The van der Waals surface area contributed by atoms with Gasteiger partial charge in [0.25, 0.3) is 0 Å². The van der Waals surface area contributed by atoms with E-state index in [9.17, 15) is 23.2 Å². The summed E-state index contributed by atoms with van der Waals surface area (Å²) >= 11 is 0. The van der Waals surface area contributed by atoms with Gasteiger partial charge in [0.2, 0.25) is 0 Å². The highest BCUT2D eigenvalue weighted by molar-refractivity contribution is 6.02. The van der Waals surface area contributed by atoms with Gasteiger partial charge in [0, 0.05) is 24.1 Å². The summed E-state index contributed by atoms with van der Waals surface area (Å²) in [6, 6.07) is 8.73. The van der Waals surface area contributed by atoms with E-state index in [0.717, 1.165) is 5.56 Å². The highest BCUT2D eigenvalue weighted by Crippen LogP contribution is 2.42. The molecule has 1 aromatic carbocycles. The molecule has 176 valence electrons. The number of carbonyl (C=O) groups is 1. The van der Waals surface area contributed by atoms with Crippen molar-refractivity contribution in [1.29, 1.82) is 5.26 Å². The number of ether oxygens (including phenoxy) is 3. The Balaban J connectivity index is 1.57. The number of benzene rings is 1. The number of hydrogen-bond donors (Lipinski definition) is 0. The Bertz CT molecular complexity index is 1310. The average Bonchev–Trinajstić information content (AvgIpc) is 3.29. The molecule has 0 spiro atoms. The Morgan fingerprint density at radius 2 is 2.09 bits per heavy atom. The van der Waals surface area contributed by atoms with E-state index in [1.165, 1.54) is 13.2 Å². The van der Waals surface area contributed by atoms with Crippen LogP contribution in [-0.2, 0) is 10.2 Å². The molecule has 10 heteroatoms. The van der Waals surface area contributed by atoms with Crippen LogP contribution >= 0.6 is 0 Å². The van der Waals surface area contributed by atoms with E-state index in [4.69, 9.17) is 9.47 Å². The summed E-state index contributed by atoms with van der Waals surface area (Å²) < 4.78 is 56.7. The summed E-state index contributed by atoms with van der Waals surface area (Å²) in [6.07, 6.45) is 2.40. The average molecular weight is 471 g/mol. The fraction of sp³-hybridized carbons (Fsp3) is 0.375. The quantitative estimate of drug-likeness (QED) is 0.455. The number of nitriles is 1. The number of aromatic nitrogens is 2. The third kappa shape index (κ3) is 3.76. The van der Waals surface area contributed by atoms with Gasteiger partial charge in [-0.1, -0.05) is 0 Å². The zero-order chi connectivity index (χ0) is 24.0. The second-order valence-corrected chi connectivity index (χ2v) is 8.54. The number of methoxy groups -OCH3 is 1. The van der Waals surface area contributed by atoms with Crippen LogP contribution in [-0.4, -0.2) is 48.3 Å². The first-order valence-corrected chi connectivity index (χ1v) is 10.7. The molecule has 2 atom stereocenters. The Kier molecular flexibility index (Phi) is 5.44. The molecule has 0 unspecified atom stereocenters. The van der Waals surface area contributed by atoms with Crippen molar-refractivity contribution in [3.63, 3.8) is 0 Å². The molecule has 0 radical (unpaired) electrons. The normalized spacial score (nSPS) is 20.6. The first-order valence-electron chi connectivity index (χ1n) is 10.7. The Morgan fingerprint density at radius 1 is 1.35 bits per heavy atom. The number of fused-ring (bicyclic) bond motifs is 1. The lowest BCUT2D eigenvalue weighted by Crippen LogP contribution is -2.45. The molecule has 1 aliphatic heterocycles. The van der Waals surface area contributed by atoms with Crippen LogP contribution in [0.4, 0.5) is 13.2 Å². The number of Topliss-reactive ketones (excluding diaryl/α,β-unsaturated/α-hetero) is 1. The number of ketones is 1. The maximum absolute atomic E-state index is 13.3. The van der Waals surface area contributed by atoms with Gasteiger partial charge in [0.05, 0.1) is 38.3 Å². The van der Waals surface area contributed by atoms with Crippen LogP contribution in [0.15, 0.2) is 36.7 Å². The molecule has 3 aromatic rings. The molecule has 1 saturated carbocycles. The van der Waals surface area contributed by atoms with E-state index >= 15 is 0 Å². The van der Waals surface area contributed by atoms with Gasteiger partial charge in [-0.15, -0.1) is 0 Å². The number of nitrogens with zero attached hydrogens (tertiary/aromatic N) is 3. The molecule has 1 saturated heterocycles. The third-order valence-electron chi connectivity index (χ3n) is 6.34. The monoisotopic (exact) mass is 471 g/mol. The van der Waals surface area contributed by atoms with Crippen molar-refractivity contribution >= 4 is 11.4 Å². The van der Waals surface area contributed by atoms with Crippen LogP contribution in [0.25, 0.3) is 16.9 Å². The van der Waals surface area contributed by atoms with Crippen LogP contribution in [0.1, 0.15) is 28.8 Å². The molecular formula is C24H20F3N3O4. The van der Waals surface area contributed by atoms with Gasteiger partial charge in [-0.2, -0.15) is 14.0 Å². The van der Waals surface area contributed by atoms with Crippen molar-refractivity contribution in [2.75, 3.05) is 20.3 Å². The molecular weight excluding hydrogens is 451 g/mol. The number of rotatable bonds is 8. The van der Waals surface area contributed by atoms with Crippen LogP contribution in [0.5, 0.6) is 11.5 Å². The van der Waals surface area contributed by atoms with Crippen molar-refractivity contribution in [1.82, 2.24) is 9.38 Å². The largest absolute Gasteiger partial charge is 0.496 e. The highest BCUT2D eigenvalue weighted by atomic mass is 19.3. The van der Waals surface area contributed by atoms with Gasteiger partial charge in [0.1, 0.15) is 34.3 Å². The number of alkyl halides is 3. The van der Waals surface area contributed by atoms with Crippen molar-refractivity contribution in [3.05, 3.63) is 47.8 Å². The van der Waals surface area contributed by atoms with Gasteiger partial charge in [0.15, 0.2) is 5.78 Å². The Morgan fingerprint density at radius 3 is 2.68 bits per heavy atom. The van der Waals surface area contributed by atoms with Crippen molar-refractivity contribution in [3.8, 4) is 28.8 Å². The molecule has 5 rings (SSSR count). The number of imidazole rings is 1. The van der Waals surface area contributed by atoms with Gasteiger partial charge in [-0.3, -0.25) is 9.20 Å². The zero-order valence-corrected chi connectivity index (χ0v) is 18.1. The first-order chi connectivity index (χ1) is 16.3.